The zero-order valence-electron chi connectivity index (χ0n) is 12.4. The lowest BCUT2D eigenvalue weighted by Gasteiger charge is -2.46. The monoisotopic (exact) mass is 392 g/mol. The number of hydrogen-bond donors (Lipinski definition) is 2. The van der Waals surface area contributed by atoms with E-state index in [1.165, 1.54) is 23.6 Å². The van der Waals surface area contributed by atoms with Crippen molar-refractivity contribution in [3.8, 4) is 0 Å². The van der Waals surface area contributed by atoms with Gasteiger partial charge in [-0.15, -0.1) is 0 Å². The Morgan fingerprint density at radius 1 is 1.36 bits per heavy atom. The highest BCUT2D eigenvalue weighted by Crippen LogP contribution is 2.45. The summed E-state index contributed by atoms with van der Waals surface area (Å²) in [5.74, 6) is -2.03. The van der Waals surface area contributed by atoms with Gasteiger partial charge in [0.2, 0.25) is 0 Å². The van der Waals surface area contributed by atoms with Crippen LogP contribution in [0.4, 0.5) is 0 Å². The van der Waals surface area contributed by atoms with E-state index in [9.17, 15) is 19.5 Å². The lowest BCUT2D eigenvalue weighted by molar-refractivity contribution is -0.375. The molecule has 7 nitrogen and oxygen atoms in total. The fourth-order valence-electron chi connectivity index (χ4n) is 2.34. The number of ether oxygens (including phenoxy) is 1. The van der Waals surface area contributed by atoms with E-state index in [-0.39, 0.29) is 45.9 Å². The number of halogens is 1. The van der Waals surface area contributed by atoms with Crippen LogP contribution in [0.25, 0.3) is 0 Å². The first-order valence-electron chi connectivity index (χ1n) is 6.34. The number of quaternary nitrogens is 1. The molecule has 0 aromatic heterocycles. The molecule has 0 aromatic rings. The molecule has 9 heteroatoms. The van der Waals surface area contributed by atoms with Gasteiger partial charge in [-0.25, -0.2) is 4.79 Å². The second-order valence-corrected chi connectivity index (χ2v) is 6.31. The molecular formula is C13H17BrN2O5S. The summed E-state index contributed by atoms with van der Waals surface area (Å²) in [5, 5.41) is 8.70. The summed E-state index contributed by atoms with van der Waals surface area (Å²) >= 11 is 1.38. The SMILES string of the molecule is CC(=O)OCC1=C(C(=O)O)N2C(=O)C(=C(C)C)[C@H]2SC1[NH3+].[Br-]. The summed E-state index contributed by atoms with van der Waals surface area (Å²) in [7, 11) is 0. The van der Waals surface area contributed by atoms with Crippen LogP contribution in [0.2, 0.25) is 0 Å². The molecule has 0 bridgehead atoms. The van der Waals surface area contributed by atoms with Gasteiger partial charge in [0, 0.05) is 12.5 Å². The zero-order chi connectivity index (χ0) is 15.9. The number of β-lactam (4-membered cyclic amide) rings is 1. The van der Waals surface area contributed by atoms with Crippen molar-refractivity contribution in [2.45, 2.75) is 31.5 Å². The highest BCUT2D eigenvalue weighted by atomic mass is 79.9. The molecule has 1 amide bonds. The molecule has 2 rings (SSSR count). The van der Waals surface area contributed by atoms with Crippen molar-refractivity contribution in [1.82, 2.24) is 4.90 Å². The number of allylic oxidation sites excluding steroid dienone is 1. The van der Waals surface area contributed by atoms with Gasteiger partial charge in [0.05, 0.1) is 5.57 Å². The first-order valence-corrected chi connectivity index (χ1v) is 7.29. The molecule has 0 aliphatic carbocycles. The maximum absolute atomic E-state index is 12.2. The molecule has 2 atom stereocenters. The third kappa shape index (κ3) is 3.06. The Bertz CT molecular complexity index is 597. The molecule has 1 fully saturated rings. The molecule has 0 aromatic carbocycles. The first-order chi connectivity index (χ1) is 9.75. The Morgan fingerprint density at radius 3 is 2.41 bits per heavy atom. The Balaban J connectivity index is 0.00000242. The van der Waals surface area contributed by atoms with E-state index in [2.05, 4.69) is 5.73 Å². The van der Waals surface area contributed by atoms with Gasteiger partial charge >= 0.3 is 11.9 Å². The smallest absolute Gasteiger partial charge is 0.353 e. The van der Waals surface area contributed by atoms with Gasteiger partial charge in [-0.1, -0.05) is 17.3 Å². The number of carboxylic acid groups (broad SMARTS) is 1. The van der Waals surface area contributed by atoms with Crippen molar-refractivity contribution in [2.75, 3.05) is 6.61 Å². The predicted octanol–water partition coefficient (Wildman–Crippen LogP) is -3.29. The van der Waals surface area contributed by atoms with Gasteiger partial charge in [-0.05, 0) is 13.8 Å². The standard InChI is InChI=1S/C13H16N2O5S.BrH/c1-5(2)8-11(17)15-9(13(18)19)7(4-20-6(3)16)10(14)21-12(8)15;/h10,12H,4,14H2,1-3H3,(H,18,19);1H/t10?,12-;/m1./s1. The number of carboxylic acids is 1. The second kappa shape index (κ2) is 6.84. The van der Waals surface area contributed by atoms with Crippen LogP contribution in [0, 0.1) is 0 Å². The first kappa shape index (κ1) is 18.7. The minimum Gasteiger partial charge on any atom is -1.00 e. The number of amides is 1. The number of carbonyl (C=O) groups is 3. The van der Waals surface area contributed by atoms with Gasteiger partial charge < -0.3 is 32.6 Å². The minimum atomic E-state index is -1.21. The lowest BCUT2D eigenvalue weighted by Crippen LogP contribution is -3.00. The average molecular weight is 393 g/mol. The fraction of sp³-hybridized carbons (Fsp3) is 0.462. The maximum atomic E-state index is 12.2. The molecule has 1 unspecified atom stereocenters. The molecule has 0 spiro atoms. The molecule has 122 valence electrons. The largest absolute Gasteiger partial charge is 1.00 e. The van der Waals surface area contributed by atoms with Crippen LogP contribution in [0.5, 0.6) is 0 Å². The number of thioether (sulfide) groups is 1. The summed E-state index contributed by atoms with van der Waals surface area (Å²) in [6.07, 6.45) is 0. The summed E-state index contributed by atoms with van der Waals surface area (Å²) < 4.78 is 4.89. The molecule has 2 heterocycles. The molecule has 22 heavy (non-hydrogen) atoms. The van der Waals surface area contributed by atoms with Crippen molar-refractivity contribution in [3.63, 3.8) is 0 Å². The predicted molar refractivity (Wildman–Crippen MR) is 74.6 cm³/mol. The van der Waals surface area contributed by atoms with Crippen molar-refractivity contribution < 1.29 is 46.9 Å². The molecule has 0 radical (unpaired) electrons. The highest BCUT2D eigenvalue weighted by molar-refractivity contribution is 8.00. The third-order valence-electron chi connectivity index (χ3n) is 3.33. The minimum absolute atomic E-state index is 0. The number of esters is 1. The topological polar surface area (TPSA) is 112 Å². The number of nitrogens with zero attached hydrogens (tertiary/aromatic N) is 1. The van der Waals surface area contributed by atoms with Crippen molar-refractivity contribution in [1.29, 1.82) is 0 Å². The molecular weight excluding hydrogens is 376 g/mol. The number of hydrogen-bond acceptors (Lipinski definition) is 5. The van der Waals surface area contributed by atoms with Crippen LogP contribution in [-0.2, 0) is 19.1 Å². The van der Waals surface area contributed by atoms with Gasteiger partial charge in [-0.2, -0.15) is 0 Å². The van der Waals surface area contributed by atoms with E-state index < -0.39 is 11.9 Å². The Hall–Kier alpha value is -1.32. The van der Waals surface area contributed by atoms with Crippen LogP contribution in [0.1, 0.15) is 20.8 Å². The van der Waals surface area contributed by atoms with Gasteiger partial charge in [0.15, 0.2) is 5.37 Å². The van der Waals surface area contributed by atoms with Crippen molar-refractivity contribution in [3.05, 3.63) is 22.4 Å². The lowest BCUT2D eigenvalue weighted by atomic mass is 9.98. The van der Waals surface area contributed by atoms with Crippen molar-refractivity contribution in [2.24, 2.45) is 0 Å². The summed E-state index contributed by atoms with van der Waals surface area (Å²) in [4.78, 5) is 35.9. The number of carbonyl (C=O) groups excluding carboxylic acids is 2. The van der Waals surface area contributed by atoms with Crippen LogP contribution in [0.3, 0.4) is 0 Å². The third-order valence-corrected chi connectivity index (χ3v) is 4.65. The van der Waals surface area contributed by atoms with Crippen LogP contribution < -0.4 is 22.7 Å². The summed E-state index contributed by atoms with van der Waals surface area (Å²) in [5.41, 5.74) is 5.64. The van der Waals surface area contributed by atoms with E-state index in [1.807, 2.05) is 13.8 Å². The molecule has 1 saturated heterocycles. The molecule has 4 N–H and O–H groups in total. The van der Waals surface area contributed by atoms with E-state index in [1.54, 1.807) is 0 Å². The second-order valence-electron chi connectivity index (χ2n) is 5.03. The van der Waals surface area contributed by atoms with E-state index in [4.69, 9.17) is 4.74 Å². The number of aliphatic carboxylic acids is 1. The Kier molecular flexibility index (Phi) is 5.82. The molecule has 2 aliphatic heterocycles. The molecule has 2 aliphatic rings. The maximum Gasteiger partial charge on any atom is 0.353 e. The quantitative estimate of drug-likeness (QED) is 0.296. The van der Waals surface area contributed by atoms with Gasteiger partial charge in [0.25, 0.3) is 5.91 Å². The highest BCUT2D eigenvalue weighted by Gasteiger charge is 2.53. The van der Waals surface area contributed by atoms with Gasteiger partial charge in [-0.3, -0.25) is 14.5 Å². The van der Waals surface area contributed by atoms with Crippen molar-refractivity contribution >= 4 is 29.6 Å². The summed E-state index contributed by atoms with van der Waals surface area (Å²) in [6, 6.07) is 0. The van der Waals surface area contributed by atoms with E-state index >= 15 is 0 Å². The molecule has 0 saturated carbocycles. The number of fused-ring (bicyclic) bond motifs is 1. The zero-order valence-corrected chi connectivity index (χ0v) is 14.8. The summed E-state index contributed by atoms with van der Waals surface area (Å²) in [6.45, 7) is 4.72. The van der Waals surface area contributed by atoms with E-state index in [0.717, 1.165) is 5.57 Å². The van der Waals surface area contributed by atoms with Crippen LogP contribution >= 0.6 is 11.8 Å². The average Bonchev–Trinajstić information content (AvgIpc) is 2.35. The van der Waals surface area contributed by atoms with Crippen LogP contribution in [-0.4, -0.2) is 45.2 Å². The fourth-order valence-corrected chi connectivity index (χ4v) is 3.79. The van der Waals surface area contributed by atoms with E-state index in [0.29, 0.717) is 11.1 Å². The normalized spacial score (nSPS) is 23.4. The van der Waals surface area contributed by atoms with Gasteiger partial charge in [0.1, 0.15) is 17.7 Å². The Labute approximate surface area is 142 Å². The van der Waals surface area contributed by atoms with Crippen LogP contribution in [0.15, 0.2) is 22.4 Å². The Morgan fingerprint density at radius 2 is 1.95 bits per heavy atom. The number of rotatable bonds is 3.